The molecule has 0 aliphatic rings. The van der Waals surface area contributed by atoms with E-state index in [9.17, 15) is 0 Å². The summed E-state index contributed by atoms with van der Waals surface area (Å²) in [5, 5.41) is 20.3. The van der Waals surface area contributed by atoms with Gasteiger partial charge < -0.3 is 15.0 Å². The topological polar surface area (TPSA) is 111 Å². The van der Waals surface area contributed by atoms with Crippen LogP contribution in [0, 0.1) is 22.7 Å². The van der Waals surface area contributed by atoms with E-state index in [1.54, 1.807) is 7.05 Å². The van der Waals surface area contributed by atoms with Crippen LogP contribution >= 0.6 is 0 Å². The van der Waals surface area contributed by atoms with Crippen LogP contribution in [0.4, 0.5) is 11.9 Å². The monoisotopic (exact) mass is 261 g/mol. The molecule has 0 aliphatic carbocycles. The third-order valence-electron chi connectivity index (χ3n) is 2.07. The van der Waals surface area contributed by atoms with E-state index in [0.29, 0.717) is 12.6 Å². The van der Waals surface area contributed by atoms with Gasteiger partial charge in [0.2, 0.25) is 11.9 Å². The molecule has 0 fully saturated rings. The molecule has 0 spiro atoms. The van der Waals surface area contributed by atoms with Crippen LogP contribution < -0.4 is 15.0 Å². The maximum absolute atomic E-state index is 8.74. The summed E-state index contributed by atoms with van der Waals surface area (Å²) in [5.41, 5.74) is 0. The van der Waals surface area contributed by atoms with Gasteiger partial charge in [0.15, 0.2) is 0 Å². The lowest BCUT2D eigenvalue weighted by molar-refractivity contribution is 0.292. The molecular formula is C11H15N7O. The first kappa shape index (κ1) is 14.5. The Labute approximate surface area is 111 Å². The number of nitriles is 2. The second-order valence-corrected chi connectivity index (χ2v) is 3.51. The lowest BCUT2D eigenvalue weighted by atomic mass is 10.5. The largest absolute Gasteiger partial charge is 0.463 e. The first-order chi connectivity index (χ1) is 9.24. The molecule has 1 aromatic rings. The van der Waals surface area contributed by atoms with Crippen LogP contribution in [0.2, 0.25) is 0 Å². The smallest absolute Gasteiger partial charge is 0.323 e. The molecule has 100 valence electrons. The zero-order valence-corrected chi connectivity index (χ0v) is 10.9. The summed E-state index contributed by atoms with van der Waals surface area (Å²) in [6.45, 7) is 2.50. The van der Waals surface area contributed by atoms with E-state index in [2.05, 4.69) is 20.3 Å². The van der Waals surface area contributed by atoms with E-state index in [1.807, 2.05) is 19.1 Å². The molecular weight excluding hydrogens is 246 g/mol. The van der Waals surface area contributed by atoms with Gasteiger partial charge in [-0.1, -0.05) is 6.92 Å². The fraction of sp³-hybridized carbons (Fsp3) is 0.545. The average Bonchev–Trinajstić information content (AvgIpc) is 2.44. The van der Waals surface area contributed by atoms with Gasteiger partial charge in [-0.2, -0.15) is 25.5 Å². The Morgan fingerprint density at radius 2 is 1.89 bits per heavy atom. The standard InChI is InChI=1S/C11H15N7O/c1-3-8-19-11-16-9(14-2)15-10(17-11)18(6-4-12)7-5-13/h3,6-8H2,1-2H3,(H,14,15,16,17). The molecule has 0 aromatic carbocycles. The summed E-state index contributed by atoms with van der Waals surface area (Å²) in [4.78, 5) is 13.7. The number of ether oxygens (including phenoxy) is 1. The van der Waals surface area contributed by atoms with E-state index in [1.165, 1.54) is 4.90 Å². The quantitative estimate of drug-likeness (QED) is 0.708. The Morgan fingerprint density at radius 1 is 1.21 bits per heavy atom. The van der Waals surface area contributed by atoms with Gasteiger partial charge in [-0.15, -0.1) is 0 Å². The van der Waals surface area contributed by atoms with Gasteiger partial charge in [0, 0.05) is 7.05 Å². The normalized spacial score (nSPS) is 9.26. The van der Waals surface area contributed by atoms with Crippen LogP contribution in [-0.4, -0.2) is 41.7 Å². The van der Waals surface area contributed by atoms with Gasteiger partial charge in [-0.25, -0.2) is 0 Å². The van der Waals surface area contributed by atoms with Gasteiger partial charge in [0.05, 0.1) is 18.7 Å². The minimum Gasteiger partial charge on any atom is -0.463 e. The van der Waals surface area contributed by atoms with Crippen molar-refractivity contribution in [3.8, 4) is 18.1 Å². The van der Waals surface area contributed by atoms with E-state index in [4.69, 9.17) is 15.3 Å². The molecule has 1 rings (SSSR count). The van der Waals surface area contributed by atoms with Crippen molar-refractivity contribution in [3.63, 3.8) is 0 Å². The molecule has 0 radical (unpaired) electrons. The van der Waals surface area contributed by atoms with Crippen LogP contribution in [0.25, 0.3) is 0 Å². The van der Waals surface area contributed by atoms with Crippen molar-refractivity contribution in [1.82, 2.24) is 15.0 Å². The SMILES string of the molecule is CCCOc1nc(NC)nc(N(CC#N)CC#N)n1. The summed E-state index contributed by atoms with van der Waals surface area (Å²) in [6.07, 6.45) is 0.829. The van der Waals surface area contributed by atoms with Crippen molar-refractivity contribution in [1.29, 1.82) is 10.5 Å². The zero-order chi connectivity index (χ0) is 14.1. The molecule has 0 bridgehead atoms. The summed E-state index contributed by atoms with van der Waals surface area (Å²) < 4.78 is 5.35. The minimum absolute atomic E-state index is 0.0218. The number of hydrogen-bond acceptors (Lipinski definition) is 8. The molecule has 0 saturated carbocycles. The van der Waals surface area contributed by atoms with E-state index < -0.39 is 0 Å². The lowest BCUT2D eigenvalue weighted by Gasteiger charge is -2.16. The molecule has 8 nitrogen and oxygen atoms in total. The molecule has 0 unspecified atom stereocenters. The van der Waals surface area contributed by atoms with Crippen molar-refractivity contribution in [3.05, 3.63) is 0 Å². The Balaban J connectivity index is 3.03. The van der Waals surface area contributed by atoms with Crippen molar-refractivity contribution in [2.24, 2.45) is 0 Å². The second kappa shape index (κ2) is 7.67. The molecule has 1 heterocycles. The van der Waals surface area contributed by atoms with Gasteiger partial charge in [0.1, 0.15) is 13.1 Å². The minimum atomic E-state index is 0.0218. The Hall–Kier alpha value is -2.61. The molecule has 0 atom stereocenters. The van der Waals surface area contributed by atoms with Gasteiger partial charge in [-0.05, 0) is 6.42 Å². The van der Waals surface area contributed by atoms with E-state index >= 15 is 0 Å². The molecule has 0 aliphatic heterocycles. The Bertz CT molecular complexity index is 475. The van der Waals surface area contributed by atoms with Crippen LogP contribution in [-0.2, 0) is 0 Å². The van der Waals surface area contributed by atoms with Crippen molar-refractivity contribution in [2.75, 3.05) is 37.0 Å². The Kier molecular flexibility index (Phi) is 5.83. The predicted molar refractivity (Wildman–Crippen MR) is 68.6 cm³/mol. The second-order valence-electron chi connectivity index (χ2n) is 3.51. The van der Waals surface area contributed by atoms with E-state index in [0.717, 1.165) is 6.42 Å². The summed E-state index contributed by atoms with van der Waals surface area (Å²) in [7, 11) is 1.67. The summed E-state index contributed by atoms with van der Waals surface area (Å²) in [5.74, 6) is 0.575. The van der Waals surface area contributed by atoms with Crippen LogP contribution in [0.1, 0.15) is 13.3 Å². The predicted octanol–water partition coefficient (Wildman–Crippen LogP) is 0.556. The molecule has 1 aromatic heterocycles. The average molecular weight is 261 g/mol. The lowest BCUT2D eigenvalue weighted by Crippen LogP contribution is -2.26. The maximum atomic E-state index is 8.74. The van der Waals surface area contributed by atoms with Crippen LogP contribution in [0.5, 0.6) is 6.01 Å². The van der Waals surface area contributed by atoms with Crippen molar-refractivity contribution >= 4 is 11.9 Å². The van der Waals surface area contributed by atoms with Gasteiger partial charge in [0.25, 0.3) is 0 Å². The highest BCUT2D eigenvalue weighted by Gasteiger charge is 2.13. The molecule has 19 heavy (non-hydrogen) atoms. The number of anilines is 2. The van der Waals surface area contributed by atoms with Gasteiger partial charge >= 0.3 is 6.01 Å². The van der Waals surface area contributed by atoms with Crippen molar-refractivity contribution < 1.29 is 4.74 Å². The number of rotatable bonds is 7. The highest BCUT2D eigenvalue weighted by molar-refractivity contribution is 5.39. The highest BCUT2D eigenvalue weighted by atomic mass is 16.5. The molecule has 0 saturated heterocycles. The first-order valence-corrected chi connectivity index (χ1v) is 5.80. The maximum Gasteiger partial charge on any atom is 0.323 e. The fourth-order valence-electron chi connectivity index (χ4n) is 1.23. The van der Waals surface area contributed by atoms with E-state index in [-0.39, 0.29) is 25.0 Å². The zero-order valence-electron chi connectivity index (χ0n) is 10.9. The van der Waals surface area contributed by atoms with Crippen LogP contribution in [0.15, 0.2) is 0 Å². The Morgan fingerprint density at radius 3 is 2.42 bits per heavy atom. The van der Waals surface area contributed by atoms with Crippen molar-refractivity contribution in [2.45, 2.75) is 13.3 Å². The first-order valence-electron chi connectivity index (χ1n) is 5.80. The summed E-state index contributed by atoms with van der Waals surface area (Å²) in [6, 6.07) is 4.11. The molecule has 8 heteroatoms. The fourth-order valence-corrected chi connectivity index (χ4v) is 1.23. The number of hydrogen-bond donors (Lipinski definition) is 1. The number of nitrogens with zero attached hydrogens (tertiary/aromatic N) is 6. The molecule has 1 N–H and O–H groups in total. The summed E-state index contributed by atoms with van der Waals surface area (Å²) >= 11 is 0. The third-order valence-corrected chi connectivity index (χ3v) is 2.07. The molecule has 0 amide bonds. The number of nitrogens with one attached hydrogen (secondary N) is 1. The van der Waals surface area contributed by atoms with Crippen LogP contribution in [0.3, 0.4) is 0 Å². The third kappa shape index (κ3) is 4.28. The van der Waals surface area contributed by atoms with Gasteiger partial charge in [-0.3, -0.25) is 0 Å². The highest BCUT2D eigenvalue weighted by Crippen LogP contribution is 2.14. The number of aromatic nitrogens is 3.